The SMILES string of the molecule is CCn1c(C(C)NCC(C)(O)c2ccc(F)cc2)nc2ccccc21. The number of aryl methyl sites for hydroxylation is 1. The van der Waals surface area contributed by atoms with Crippen LogP contribution in [-0.4, -0.2) is 21.2 Å². The van der Waals surface area contributed by atoms with E-state index in [1.807, 2.05) is 25.1 Å². The lowest BCUT2D eigenvalue weighted by Gasteiger charge is -2.26. The molecule has 0 saturated heterocycles. The van der Waals surface area contributed by atoms with Gasteiger partial charge in [-0.25, -0.2) is 9.37 Å². The van der Waals surface area contributed by atoms with E-state index < -0.39 is 5.60 Å². The third kappa shape index (κ3) is 3.57. The van der Waals surface area contributed by atoms with E-state index in [1.165, 1.54) is 12.1 Å². The molecule has 0 radical (unpaired) electrons. The Kier molecular flexibility index (Phi) is 4.88. The molecule has 3 rings (SSSR count). The predicted molar refractivity (Wildman–Crippen MR) is 97.8 cm³/mol. The highest BCUT2D eigenvalue weighted by atomic mass is 19.1. The van der Waals surface area contributed by atoms with Crippen molar-refractivity contribution in [1.82, 2.24) is 14.9 Å². The van der Waals surface area contributed by atoms with Crippen molar-refractivity contribution in [2.24, 2.45) is 0 Å². The highest BCUT2D eigenvalue weighted by Crippen LogP contribution is 2.24. The zero-order chi connectivity index (χ0) is 18.0. The lowest BCUT2D eigenvalue weighted by Crippen LogP contribution is -2.37. The Bertz CT molecular complexity index is 855. The van der Waals surface area contributed by atoms with Gasteiger partial charge in [-0.15, -0.1) is 0 Å². The maximum atomic E-state index is 13.1. The Hall–Kier alpha value is -2.24. The van der Waals surface area contributed by atoms with Gasteiger partial charge in [0.25, 0.3) is 0 Å². The monoisotopic (exact) mass is 341 g/mol. The largest absolute Gasteiger partial charge is 0.384 e. The molecule has 1 aromatic heterocycles. The summed E-state index contributed by atoms with van der Waals surface area (Å²) in [5.74, 6) is 0.635. The summed E-state index contributed by atoms with van der Waals surface area (Å²) in [4.78, 5) is 4.74. The summed E-state index contributed by atoms with van der Waals surface area (Å²) >= 11 is 0. The summed E-state index contributed by atoms with van der Waals surface area (Å²) in [6.45, 7) is 7.03. The molecule has 1 heterocycles. The summed E-state index contributed by atoms with van der Waals surface area (Å²) < 4.78 is 15.3. The Morgan fingerprint density at radius 3 is 2.56 bits per heavy atom. The molecule has 3 aromatic rings. The van der Waals surface area contributed by atoms with Gasteiger partial charge in [0.05, 0.1) is 22.7 Å². The number of nitrogens with zero attached hydrogens (tertiary/aromatic N) is 2. The molecule has 132 valence electrons. The third-order valence-electron chi connectivity index (χ3n) is 4.61. The number of rotatable bonds is 6. The summed E-state index contributed by atoms with van der Waals surface area (Å²) in [7, 11) is 0. The van der Waals surface area contributed by atoms with Crippen LogP contribution in [0.2, 0.25) is 0 Å². The number of imidazole rings is 1. The van der Waals surface area contributed by atoms with Crippen LogP contribution in [0, 0.1) is 5.82 Å². The fraction of sp³-hybridized carbons (Fsp3) is 0.350. The van der Waals surface area contributed by atoms with Gasteiger partial charge in [-0.05, 0) is 50.6 Å². The van der Waals surface area contributed by atoms with Crippen LogP contribution in [-0.2, 0) is 12.1 Å². The van der Waals surface area contributed by atoms with Crippen molar-refractivity contribution in [3.63, 3.8) is 0 Å². The van der Waals surface area contributed by atoms with Gasteiger partial charge in [0.15, 0.2) is 0 Å². The van der Waals surface area contributed by atoms with E-state index in [-0.39, 0.29) is 11.9 Å². The normalized spacial score (nSPS) is 15.2. The number of hydrogen-bond donors (Lipinski definition) is 2. The fourth-order valence-corrected chi connectivity index (χ4v) is 3.11. The maximum Gasteiger partial charge on any atom is 0.126 e. The summed E-state index contributed by atoms with van der Waals surface area (Å²) in [5.41, 5.74) is 1.67. The first kappa shape index (κ1) is 17.6. The third-order valence-corrected chi connectivity index (χ3v) is 4.61. The van der Waals surface area contributed by atoms with Gasteiger partial charge in [-0.3, -0.25) is 0 Å². The van der Waals surface area contributed by atoms with Crippen LogP contribution in [0.15, 0.2) is 48.5 Å². The van der Waals surface area contributed by atoms with Crippen LogP contribution < -0.4 is 5.32 Å². The van der Waals surface area contributed by atoms with E-state index in [0.29, 0.717) is 12.1 Å². The molecular formula is C20H24FN3O. The molecule has 0 aliphatic heterocycles. The predicted octanol–water partition coefficient (Wildman–Crippen LogP) is 3.75. The minimum Gasteiger partial charge on any atom is -0.384 e. The van der Waals surface area contributed by atoms with E-state index in [0.717, 1.165) is 23.4 Å². The van der Waals surface area contributed by atoms with Crippen LogP contribution in [0.25, 0.3) is 11.0 Å². The topological polar surface area (TPSA) is 50.1 Å². The molecule has 25 heavy (non-hydrogen) atoms. The molecular weight excluding hydrogens is 317 g/mol. The molecule has 0 aliphatic rings. The van der Waals surface area contributed by atoms with Crippen molar-refractivity contribution in [1.29, 1.82) is 0 Å². The van der Waals surface area contributed by atoms with Crippen molar-refractivity contribution >= 4 is 11.0 Å². The molecule has 0 bridgehead atoms. The fourth-order valence-electron chi connectivity index (χ4n) is 3.11. The second kappa shape index (κ2) is 6.94. The van der Waals surface area contributed by atoms with Crippen molar-refractivity contribution in [3.05, 3.63) is 65.7 Å². The quantitative estimate of drug-likeness (QED) is 0.718. The molecule has 2 N–H and O–H groups in total. The second-order valence-electron chi connectivity index (χ2n) is 6.59. The second-order valence-corrected chi connectivity index (χ2v) is 6.59. The number of para-hydroxylation sites is 2. The van der Waals surface area contributed by atoms with Crippen molar-refractivity contribution in [2.75, 3.05) is 6.54 Å². The average Bonchev–Trinajstić information content (AvgIpc) is 2.99. The number of halogens is 1. The zero-order valence-corrected chi connectivity index (χ0v) is 14.8. The average molecular weight is 341 g/mol. The van der Waals surface area contributed by atoms with Crippen LogP contribution in [0.5, 0.6) is 0 Å². The molecule has 0 amide bonds. The van der Waals surface area contributed by atoms with E-state index >= 15 is 0 Å². The highest BCUT2D eigenvalue weighted by Gasteiger charge is 2.25. The summed E-state index contributed by atoms with van der Waals surface area (Å²) in [5, 5.41) is 14.1. The van der Waals surface area contributed by atoms with Gasteiger partial charge < -0.3 is 15.0 Å². The van der Waals surface area contributed by atoms with Gasteiger partial charge in [0.1, 0.15) is 11.6 Å². The van der Waals surface area contributed by atoms with E-state index in [2.05, 4.69) is 22.9 Å². The lowest BCUT2D eigenvalue weighted by atomic mass is 9.95. The first-order chi connectivity index (χ1) is 11.9. The van der Waals surface area contributed by atoms with Crippen LogP contribution in [0.4, 0.5) is 4.39 Å². The Morgan fingerprint density at radius 1 is 1.20 bits per heavy atom. The minimum atomic E-state index is -1.09. The smallest absolute Gasteiger partial charge is 0.126 e. The van der Waals surface area contributed by atoms with Gasteiger partial charge in [-0.2, -0.15) is 0 Å². The van der Waals surface area contributed by atoms with Crippen LogP contribution in [0.3, 0.4) is 0 Å². The van der Waals surface area contributed by atoms with Crippen LogP contribution >= 0.6 is 0 Å². The number of nitrogens with one attached hydrogen (secondary N) is 1. The standard InChI is InChI=1S/C20H24FN3O/c1-4-24-18-8-6-5-7-17(18)23-19(24)14(2)22-13-20(3,25)15-9-11-16(21)12-10-15/h5-12,14,22,25H,4,13H2,1-3H3. The van der Waals surface area contributed by atoms with E-state index in [4.69, 9.17) is 4.98 Å². The summed E-state index contributed by atoms with van der Waals surface area (Å²) in [6.07, 6.45) is 0. The first-order valence-corrected chi connectivity index (χ1v) is 8.59. The molecule has 2 atom stereocenters. The Morgan fingerprint density at radius 2 is 1.88 bits per heavy atom. The Balaban J connectivity index is 1.78. The van der Waals surface area contributed by atoms with Gasteiger partial charge in [0, 0.05) is 13.1 Å². The number of benzene rings is 2. The van der Waals surface area contributed by atoms with E-state index in [1.54, 1.807) is 19.1 Å². The van der Waals surface area contributed by atoms with Crippen molar-refractivity contribution in [3.8, 4) is 0 Å². The van der Waals surface area contributed by atoms with Crippen molar-refractivity contribution < 1.29 is 9.50 Å². The number of hydrogen-bond acceptors (Lipinski definition) is 3. The minimum absolute atomic E-state index is 0.0285. The zero-order valence-electron chi connectivity index (χ0n) is 14.8. The molecule has 0 saturated carbocycles. The summed E-state index contributed by atoms with van der Waals surface area (Å²) in [6, 6.07) is 14.0. The molecule has 4 nitrogen and oxygen atoms in total. The van der Waals surface area contributed by atoms with Gasteiger partial charge in [0.2, 0.25) is 0 Å². The molecule has 5 heteroatoms. The molecule has 2 unspecified atom stereocenters. The van der Waals surface area contributed by atoms with E-state index in [9.17, 15) is 9.50 Å². The van der Waals surface area contributed by atoms with Gasteiger partial charge in [-0.1, -0.05) is 24.3 Å². The first-order valence-electron chi connectivity index (χ1n) is 8.59. The Labute approximate surface area is 147 Å². The number of aromatic nitrogens is 2. The van der Waals surface area contributed by atoms with Crippen LogP contribution in [0.1, 0.15) is 38.2 Å². The number of fused-ring (bicyclic) bond motifs is 1. The molecule has 0 aliphatic carbocycles. The molecule has 0 fully saturated rings. The maximum absolute atomic E-state index is 13.1. The van der Waals surface area contributed by atoms with Crippen molar-refractivity contribution in [2.45, 2.75) is 39.0 Å². The van der Waals surface area contributed by atoms with Gasteiger partial charge >= 0.3 is 0 Å². The molecule has 2 aromatic carbocycles. The molecule has 0 spiro atoms. The number of aliphatic hydroxyl groups is 1. The highest BCUT2D eigenvalue weighted by molar-refractivity contribution is 5.76. The lowest BCUT2D eigenvalue weighted by molar-refractivity contribution is 0.0539.